The molecule has 0 aliphatic carbocycles. The molecule has 3 aromatic rings. The topological polar surface area (TPSA) is 44.8 Å². The maximum atomic E-state index is 4.74. The highest BCUT2D eigenvalue weighted by Crippen LogP contribution is 2.31. The summed E-state index contributed by atoms with van der Waals surface area (Å²) in [6.07, 6.45) is 3.81. The van der Waals surface area contributed by atoms with Gasteiger partial charge in [-0.1, -0.05) is 24.3 Å². The molecule has 3 heterocycles. The number of hydrogen-bond acceptors (Lipinski definition) is 3. The molecule has 1 aliphatic heterocycles. The summed E-state index contributed by atoms with van der Waals surface area (Å²) in [5, 5.41) is 0. The first-order chi connectivity index (χ1) is 11.2. The van der Waals surface area contributed by atoms with E-state index in [0.29, 0.717) is 0 Å². The summed E-state index contributed by atoms with van der Waals surface area (Å²) in [5.74, 6) is 1.90. The zero-order valence-electron chi connectivity index (χ0n) is 13.8. The number of nitrogens with zero attached hydrogens (tertiary/aromatic N) is 3. The normalized spacial score (nSPS) is 15.3. The molecular weight excluding hydrogens is 284 g/mol. The van der Waals surface area contributed by atoms with E-state index >= 15 is 0 Å². The van der Waals surface area contributed by atoms with Crippen LogP contribution in [0.3, 0.4) is 0 Å². The van der Waals surface area contributed by atoms with Crippen LogP contribution in [0.4, 0.5) is 5.82 Å². The van der Waals surface area contributed by atoms with Crippen LogP contribution in [0, 0.1) is 13.8 Å². The number of H-pyrrole nitrogens is 1. The molecule has 0 bridgehead atoms. The van der Waals surface area contributed by atoms with Crippen molar-refractivity contribution in [3.8, 4) is 11.3 Å². The second-order valence-electron chi connectivity index (χ2n) is 6.40. The fraction of sp³-hybridized carbons (Fsp3) is 0.368. The average molecular weight is 306 g/mol. The van der Waals surface area contributed by atoms with Crippen LogP contribution in [-0.2, 0) is 0 Å². The summed E-state index contributed by atoms with van der Waals surface area (Å²) in [6, 6.07) is 10.6. The maximum Gasteiger partial charge on any atom is 0.156 e. The van der Waals surface area contributed by atoms with Crippen LogP contribution in [0.25, 0.3) is 22.3 Å². The van der Waals surface area contributed by atoms with Gasteiger partial charge in [-0.3, -0.25) is 0 Å². The third kappa shape index (κ3) is 2.58. The Hall–Kier alpha value is -2.36. The first kappa shape index (κ1) is 14.2. The van der Waals surface area contributed by atoms with Crippen LogP contribution in [-0.4, -0.2) is 28.0 Å². The minimum Gasteiger partial charge on any atom is -0.355 e. The van der Waals surface area contributed by atoms with E-state index in [-0.39, 0.29) is 0 Å². The highest BCUT2D eigenvalue weighted by molar-refractivity contribution is 5.91. The van der Waals surface area contributed by atoms with Gasteiger partial charge in [-0.15, -0.1) is 0 Å². The van der Waals surface area contributed by atoms with Gasteiger partial charge in [0, 0.05) is 24.3 Å². The third-order valence-electron chi connectivity index (χ3n) is 4.66. The highest BCUT2D eigenvalue weighted by atomic mass is 15.2. The lowest BCUT2D eigenvalue weighted by atomic mass is 10.1. The Balaban J connectivity index is 1.86. The Morgan fingerprint density at radius 3 is 2.57 bits per heavy atom. The van der Waals surface area contributed by atoms with Crippen LogP contribution < -0.4 is 4.90 Å². The molecule has 4 rings (SSSR count). The van der Waals surface area contributed by atoms with Crippen molar-refractivity contribution < 1.29 is 0 Å². The second-order valence-corrected chi connectivity index (χ2v) is 6.40. The van der Waals surface area contributed by atoms with E-state index in [4.69, 9.17) is 4.98 Å². The van der Waals surface area contributed by atoms with Gasteiger partial charge >= 0.3 is 0 Å². The number of rotatable bonds is 2. The predicted octanol–water partition coefficient (Wildman–Crippen LogP) is 4.23. The number of piperidine rings is 1. The van der Waals surface area contributed by atoms with Crippen molar-refractivity contribution >= 4 is 16.9 Å². The van der Waals surface area contributed by atoms with Crippen molar-refractivity contribution in [2.45, 2.75) is 33.1 Å². The molecule has 0 saturated carbocycles. The van der Waals surface area contributed by atoms with Gasteiger partial charge in [0.05, 0.1) is 5.52 Å². The Bertz CT molecular complexity index is 844. The number of nitrogens with one attached hydrogen (secondary N) is 1. The summed E-state index contributed by atoms with van der Waals surface area (Å²) in [4.78, 5) is 15.4. The van der Waals surface area contributed by atoms with Crippen LogP contribution >= 0.6 is 0 Å². The summed E-state index contributed by atoms with van der Waals surface area (Å²) in [6.45, 7) is 6.30. The molecule has 1 saturated heterocycles. The van der Waals surface area contributed by atoms with Crippen molar-refractivity contribution in [1.29, 1.82) is 0 Å². The van der Waals surface area contributed by atoms with Gasteiger partial charge in [0.1, 0.15) is 11.3 Å². The minimum absolute atomic E-state index is 0.841. The van der Waals surface area contributed by atoms with Crippen molar-refractivity contribution in [1.82, 2.24) is 15.0 Å². The Labute approximate surface area is 136 Å². The second kappa shape index (κ2) is 5.69. The van der Waals surface area contributed by atoms with Gasteiger partial charge in [0.25, 0.3) is 0 Å². The van der Waals surface area contributed by atoms with Crippen molar-refractivity contribution in [2.24, 2.45) is 0 Å². The molecule has 4 heteroatoms. The molecule has 118 valence electrons. The molecule has 1 aliphatic rings. The molecule has 0 spiro atoms. The van der Waals surface area contributed by atoms with E-state index in [1.807, 2.05) is 6.92 Å². The lowest BCUT2D eigenvalue weighted by Gasteiger charge is -2.28. The molecular formula is C19H22N4. The number of hydrogen-bond donors (Lipinski definition) is 1. The van der Waals surface area contributed by atoms with E-state index < -0.39 is 0 Å². The molecule has 1 N–H and O–H groups in total. The molecule has 23 heavy (non-hydrogen) atoms. The summed E-state index contributed by atoms with van der Waals surface area (Å²) >= 11 is 0. The highest BCUT2D eigenvalue weighted by Gasteiger charge is 2.18. The van der Waals surface area contributed by atoms with Gasteiger partial charge in [0.15, 0.2) is 5.82 Å². The van der Waals surface area contributed by atoms with E-state index in [1.54, 1.807) is 0 Å². The van der Waals surface area contributed by atoms with Crippen molar-refractivity contribution in [2.75, 3.05) is 18.0 Å². The largest absolute Gasteiger partial charge is 0.355 e. The standard InChI is InChI=1S/C19H22N4/c1-13-8-4-5-9-15(13)16-12-17-18(22-16)19(21-14(2)20-17)23-10-6-3-7-11-23/h4-5,8-9,12,22H,3,6-7,10-11H2,1-2H3. The first-order valence-corrected chi connectivity index (χ1v) is 8.41. The smallest absolute Gasteiger partial charge is 0.156 e. The lowest BCUT2D eigenvalue weighted by molar-refractivity contribution is 0.574. The van der Waals surface area contributed by atoms with Gasteiger partial charge < -0.3 is 9.88 Å². The van der Waals surface area contributed by atoms with Crippen LogP contribution in [0.1, 0.15) is 30.7 Å². The monoisotopic (exact) mass is 306 g/mol. The predicted molar refractivity (Wildman–Crippen MR) is 94.9 cm³/mol. The Morgan fingerprint density at radius 1 is 1.00 bits per heavy atom. The van der Waals surface area contributed by atoms with Gasteiger partial charge in [0.2, 0.25) is 0 Å². The average Bonchev–Trinajstić information content (AvgIpc) is 2.99. The molecule has 4 nitrogen and oxygen atoms in total. The zero-order chi connectivity index (χ0) is 15.8. The SMILES string of the molecule is Cc1nc(N2CCCCC2)c2[nH]c(-c3ccccc3C)cc2n1. The molecule has 0 atom stereocenters. The Kier molecular flexibility index (Phi) is 3.52. The van der Waals surface area contributed by atoms with E-state index in [1.165, 1.54) is 30.4 Å². The van der Waals surface area contributed by atoms with Gasteiger partial charge in [-0.25, -0.2) is 9.97 Å². The van der Waals surface area contributed by atoms with E-state index in [2.05, 4.69) is 52.1 Å². The third-order valence-corrected chi connectivity index (χ3v) is 4.66. The minimum atomic E-state index is 0.841. The van der Waals surface area contributed by atoms with Crippen molar-refractivity contribution in [3.05, 3.63) is 41.7 Å². The number of aryl methyl sites for hydroxylation is 2. The fourth-order valence-electron chi connectivity index (χ4n) is 3.47. The molecule has 0 amide bonds. The van der Waals surface area contributed by atoms with Crippen LogP contribution in [0.5, 0.6) is 0 Å². The number of aromatic amines is 1. The van der Waals surface area contributed by atoms with Gasteiger partial charge in [-0.05, 0) is 44.7 Å². The lowest BCUT2D eigenvalue weighted by Crippen LogP contribution is -2.30. The van der Waals surface area contributed by atoms with Crippen molar-refractivity contribution in [3.63, 3.8) is 0 Å². The number of anilines is 1. The Morgan fingerprint density at radius 2 is 1.78 bits per heavy atom. The summed E-state index contributed by atoms with van der Waals surface area (Å²) in [7, 11) is 0. The van der Waals surface area contributed by atoms with E-state index in [0.717, 1.165) is 41.5 Å². The number of fused-ring (bicyclic) bond motifs is 1. The molecule has 1 aromatic carbocycles. The molecule has 2 aromatic heterocycles. The summed E-state index contributed by atoms with van der Waals surface area (Å²) in [5.41, 5.74) is 5.69. The zero-order valence-corrected chi connectivity index (χ0v) is 13.8. The number of aromatic nitrogens is 3. The first-order valence-electron chi connectivity index (χ1n) is 8.41. The van der Waals surface area contributed by atoms with Crippen LogP contribution in [0.2, 0.25) is 0 Å². The molecule has 0 unspecified atom stereocenters. The summed E-state index contributed by atoms with van der Waals surface area (Å²) < 4.78 is 0. The number of benzene rings is 1. The fourth-order valence-corrected chi connectivity index (χ4v) is 3.47. The maximum absolute atomic E-state index is 4.74. The van der Waals surface area contributed by atoms with E-state index in [9.17, 15) is 0 Å². The molecule has 0 radical (unpaired) electrons. The van der Waals surface area contributed by atoms with Crippen LogP contribution in [0.15, 0.2) is 30.3 Å². The molecule has 1 fully saturated rings. The quantitative estimate of drug-likeness (QED) is 0.770. The van der Waals surface area contributed by atoms with Gasteiger partial charge in [-0.2, -0.15) is 0 Å².